The molecule has 0 aromatic rings. The van der Waals surface area contributed by atoms with Crippen molar-refractivity contribution in [3.05, 3.63) is 0 Å². The molecule has 1 N–H and O–H groups in total. The molecule has 1 saturated carbocycles. The second-order valence-corrected chi connectivity index (χ2v) is 6.46. The summed E-state index contributed by atoms with van der Waals surface area (Å²) in [5.41, 5.74) is -0.141. The van der Waals surface area contributed by atoms with Crippen LogP contribution >= 0.6 is 0 Å². The van der Waals surface area contributed by atoms with Crippen LogP contribution in [0.25, 0.3) is 0 Å². The van der Waals surface area contributed by atoms with Gasteiger partial charge in [-0.05, 0) is 46.0 Å². The van der Waals surface area contributed by atoms with Crippen LogP contribution in [0.4, 0.5) is 0 Å². The van der Waals surface area contributed by atoms with E-state index in [-0.39, 0.29) is 17.6 Å². The Bertz CT molecular complexity index is 347. The Morgan fingerprint density at radius 2 is 1.95 bits per heavy atom. The average molecular weight is 267 g/mol. The number of carbonyl (C=O) groups is 2. The van der Waals surface area contributed by atoms with Crippen molar-refractivity contribution in [1.82, 2.24) is 5.32 Å². The van der Waals surface area contributed by atoms with E-state index in [9.17, 15) is 9.59 Å². The molecule has 4 heteroatoms. The highest BCUT2D eigenvalue weighted by atomic mass is 16.5. The fourth-order valence-electron chi connectivity index (χ4n) is 2.69. The highest BCUT2D eigenvalue weighted by Crippen LogP contribution is 2.31. The van der Waals surface area contributed by atoms with Gasteiger partial charge in [0.25, 0.3) is 0 Å². The molecule has 2 aliphatic rings. The first kappa shape index (κ1) is 14.5. The van der Waals surface area contributed by atoms with E-state index in [4.69, 9.17) is 4.74 Å². The van der Waals surface area contributed by atoms with Gasteiger partial charge in [0.15, 0.2) is 0 Å². The Kier molecular flexibility index (Phi) is 4.61. The number of ketones is 1. The van der Waals surface area contributed by atoms with E-state index < -0.39 is 0 Å². The summed E-state index contributed by atoms with van der Waals surface area (Å²) in [5.74, 6) is 0.741. The van der Waals surface area contributed by atoms with Crippen LogP contribution in [0.5, 0.6) is 0 Å². The largest absolute Gasteiger partial charge is 0.375 e. The minimum Gasteiger partial charge on any atom is -0.375 e. The van der Waals surface area contributed by atoms with Crippen molar-refractivity contribution in [2.75, 3.05) is 6.61 Å². The van der Waals surface area contributed by atoms with Gasteiger partial charge in [-0.3, -0.25) is 9.59 Å². The van der Waals surface area contributed by atoms with Crippen molar-refractivity contribution in [2.24, 2.45) is 5.92 Å². The highest BCUT2D eigenvalue weighted by molar-refractivity contribution is 5.84. The lowest BCUT2D eigenvalue weighted by Gasteiger charge is -2.35. The third-order valence-corrected chi connectivity index (χ3v) is 3.92. The summed E-state index contributed by atoms with van der Waals surface area (Å²) < 4.78 is 5.63. The maximum Gasteiger partial charge on any atom is 0.220 e. The van der Waals surface area contributed by atoms with Gasteiger partial charge >= 0.3 is 0 Å². The number of ether oxygens (including phenoxy) is 1. The fourth-order valence-corrected chi connectivity index (χ4v) is 2.69. The molecule has 1 saturated heterocycles. The van der Waals surface area contributed by atoms with Gasteiger partial charge in [0.2, 0.25) is 5.91 Å². The first-order valence-corrected chi connectivity index (χ1v) is 7.42. The molecular formula is C15H25NO3. The van der Waals surface area contributed by atoms with Gasteiger partial charge < -0.3 is 10.1 Å². The summed E-state index contributed by atoms with van der Waals surface area (Å²) in [6.07, 6.45) is 5.58. The van der Waals surface area contributed by atoms with Crippen molar-refractivity contribution in [3.8, 4) is 0 Å². The smallest absolute Gasteiger partial charge is 0.220 e. The number of carbonyl (C=O) groups excluding carboxylic acids is 2. The van der Waals surface area contributed by atoms with Gasteiger partial charge in [-0.15, -0.1) is 0 Å². The van der Waals surface area contributed by atoms with E-state index in [0.29, 0.717) is 37.6 Å². The molecule has 1 aliphatic carbocycles. The lowest BCUT2D eigenvalue weighted by molar-refractivity contribution is -0.124. The predicted molar refractivity (Wildman–Crippen MR) is 72.8 cm³/mol. The van der Waals surface area contributed by atoms with Gasteiger partial charge in [0.1, 0.15) is 5.78 Å². The zero-order valence-electron chi connectivity index (χ0n) is 12.0. The van der Waals surface area contributed by atoms with Gasteiger partial charge in [-0.1, -0.05) is 0 Å². The molecule has 0 radical (unpaired) electrons. The number of Topliss-reactive ketones (excluding diaryl/α,β-unsaturated/α-hetero) is 1. The van der Waals surface area contributed by atoms with Gasteiger partial charge in [0.05, 0.1) is 5.60 Å². The molecule has 0 spiro atoms. The monoisotopic (exact) mass is 267 g/mol. The van der Waals surface area contributed by atoms with Crippen molar-refractivity contribution >= 4 is 11.7 Å². The van der Waals surface area contributed by atoms with Crippen molar-refractivity contribution < 1.29 is 14.3 Å². The lowest BCUT2D eigenvalue weighted by atomic mass is 9.94. The second kappa shape index (κ2) is 6.04. The van der Waals surface area contributed by atoms with Crippen LogP contribution in [0, 0.1) is 5.92 Å². The molecule has 19 heavy (non-hydrogen) atoms. The van der Waals surface area contributed by atoms with Gasteiger partial charge in [-0.25, -0.2) is 0 Å². The Balaban J connectivity index is 1.62. The average Bonchev–Trinajstić information content (AvgIpc) is 3.10. The lowest BCUT2D eigenvalue weighted by Crippen LogP contribution is -2.45. The van der Waals surface area contributed by atoms with Crippen LogP contribution < -0.4 is 5.32 Å². The number of hydrogen-bond donors (Lipinski definition) is 1. The van der Waals surface area contributed by atoms with Crippen molar-refractivity contribution in [1.29, 1.82) is 0 Å². The molecule has 4 nitrogen and oxygen atoms in total. The summed E-state index contributed by atoms with van der Waals surface area (Å²) >= 11 is 0. The zero-order chi connectivity index (χ0) is 13.9. The maximum atomic E-state index is 11.8. The number of amides is 1. The molecule has 0 bridgehead atoms. The third kappa shape index (κ3) is 4.94. The molecule has 2 fully saturated rings. The molecule has 1 heterocycles. The first-order valence-electron chi connectivity index (χ1n) is 7.42. The third-order valence-electron chi connectivity index (χ3n) is 3.92. The van der Waals surface area contributed by atoms with Crippen LogP contribution in [0.15, 0.2) is 0 Å². The summed E-state index contributed by atoms with van der Waals surface area (Å²) in [6.45, 7) is 4.82. The molecule has 0 aromatic heterocycles. The topological polar surface area (TPSA) is 55.4 Å². The molecule has 0 aromatic carbocycles. The van der Waals surface area contributed by atoms with E-state index in [0.717, 1.165) is 25.7 Å². The molecule has 108 valence electrons. The molecule has 1 atom stereocenters. The van der Waals surface area contributed by atoms with Crippen LogP contribution in [0.1, 0.15) is 58.8 Å². The number of nitrogens with one attached hydrogen (secondary N) is 1. The van der Waals surface area contributed by atoms with E-state index in [1.165, 1.54) is 0 Å². The highest BCUT2D eigenvalue weighted by Gasteiger charge is 2.30. The Morgan fingerprint density at radius 3 is 2.58 bits per heavy atom. The molecule has 0 unspecified atom stereocenters. The van der Waals surface area contributed by atoms with E-state index in [1.807, 2.05) is 0 Å². The minimum absolute atomic E-state index is 0.0753. The van der Waals surface area contributed by atoms with Crippen LogP contribution in [-0.4, -0.2) is 29.9 Å². The molecular weight excluding hydrogens is 242 g/mol. The normalized spacial score (nSPS) is 25.9. The molecule has 1 amide bonds. The van der Waals surface area contributed by atoms with Crippen LogP contribution in [0.2, 0.25) is 0 Å². The Morgan fingerprint density at radius 1 is 1.21 bits per heavy atom. The summed E-state index contributed by atoms with van der Waals surface area (Å²) in [7, 11) is 0. The van der Waals surface area contributed by atoms with E-state index in [2.05, 4.69) is 19.2 Å². The fraction of sp³-hybridized carbons (Fsp3) is 0.867. The predicted octanol–water partition coefficient (Wildman–Crippen LogP) is 2.21. The van der Waals surface area contributed by atoms with Gasteiger partial charge in [-0.2, -0.15) is 0 Å². The number of hydrogen-bond acceptors (Lipinski definition) is 3. The maximum absolute atomic E-state index is 11.8. The minimum atomic E-state index is -0.141. The summed E-state index contributed by atoms with van der Waals surface area (Å²) in [5, 5.41) is 3.06. The van der Waals surface area contributed by atoms with Gasteiger partial charge in [0, 0.05) is 31.4 Å². The second-order valence-electron chi connectivity index (χ2n) is 6.46. The summed E-state index contributed by atoms with van der Waals surface area (Å²) in [6, 6.07) is 0.218. The molecule has 2 rings (SSSR count). The zero-order valence-corrected chi connectivity index (χ0v) is 12.0. The number of rotatable bonds is 6. The standard InChI is InChI=1S/C15H25NO3/c1-15(2)10-12(8-9-19-15)16-14(18)5-3-4-13(17)11-6-7-11/h11-12H,3-10H2,1-2H3,(H,16,18)/t12-/m0/s1. The van der Waals surface area contributed by atoms with Crippen LogP contribution in [-0.2, 0) is 14.3 Å². The van der Waals surface area contributed by atoms with E-state index in [1.54, 1.807) is 0 Å². The SMILES string of the molecule is CC1(C)C[C@@H](NC(=O)CCCC(=O)C2CC2)CCO1. The van der Waals surface area contributed by atoms with Crippen molar-refractivity contribution in [2.45, 2.75) is 70.4 Å². The summed E-state index contributed by atoms with van der Waals surface area (Å²) in [4.78, 5) is 23.3. The van der Waals surface area contributed by atoms with Crippen molar-refractivity contribution in [3.63, 3.8) is 0 Å². The van der Waals surface area contributed by atoms with Crippen LogP contribution in [0.3, 0.4) is 0 Å². The first-order chi connectivity index (χ1) is 8.96. The van der Waals surface area contributed by atoms with E-state index >= 15 is 0 Å². The Labute approximate surface area is 115 Å². The quantitative estimate of drug-likeness (QED) is 0.802. The molecule has 1 aliphatic heterocycles. The Hall–Kier alpha value is -0.900.